The molecule has 0 atom stereocenters. The second kappa shape index (κ2) is 6.76. The molecule has 0 aromatic carbocycles. The molecular formula is C12H23N. The third-order valence-corrected chi connectivity index (χ3v) is 1.96. The standard InChI is InChI=1S/C12H23N/c1-6-11(4)7-8-12(5)13-9-10(2)3/h7-8,10,13H,6,9H2,1-5H3/b11-7-,12-8+. The maximum absolute atomic E-state index is 3.38. The van der Waals surface area contributed by atoms with Crippen molar-refractivity contribution < 1.29 is 0 Å². The summed E-state index contributed by atoms with van der Waals surface area (Å²) in [6.07, 6.45) is 5.47. The average Bonchev–Trinajstić information content (AvgIpc) is 2.10. The van der Waals surface area contributed by atoms with Crippen LogP contribution in [0.5, 0.6) is 0 Å². The van der Waals surface area contributed by atoms with E-state index in [0.717, 1.165) is 13.0 Å². The first kappa shape index (κ1) is 12.3. The number of rotatable bonds is 5. The highest BCUT2D eigenvalue weighted by molar-refractivity contribution is 5.14. The number of hydrogen-bond acceptors (Lipinski definition) is 1. The molecule has 0 aliphatic rings. The molecule has 1 heteroatoms. The first-order valence-electron chi connectivity index (χ1n) is 5.14. The highest BCUT2D eigenvalue weighted by atomic mass is 14.9. The van der Waals surface area contributed by atoms with E-state index in [4.69, 9.17) is 0 Å². The van der Waals surface area contributed by atoms with Crippen LogP contribution in [0.25, 0.3) is 0 Å². The van der Waals surface area contributed by atoms with E-state index in [9.17, 15) is 0 Å². The first-order chi connectivity index (χ1) is 6.06. The minimum absolute atomic E-state index is 0.708. The van der Waals surface area contributed by atoms with Crippen LogP contribution in [0, 0.1) is 5.92 Å². The molecule has 0 unspecified atom stereocenters. The Bertz CT molecular complexity index is 187. The predicted molar refractivity (Wildman–Crippen MR) is 60.6 cm³/mol. The normalized spacial score (nSPS) is 13.7. The van der Waals surface area contributed by atoms with Gasteiger partial charge >= 0.3 is 0 Å². The zero-order valence-corrected chi connectivity index (χ0v) is 9.65. The van der Waals surface area contributed by atoms with Crippen LogP contribution >= 0.6 is 0 Å². The molecule has 0 amide bonds. The van der Waals surface area contributed by atoms with Crippen LogP contribution in [-0.2, 0) is 0 Å². The smallest absolute Gasteiger partial charge is 0.0166 e. The SMILES string of the molecule is CC/C(C)=C\C=C(/C)NCC(C)C. The van der Waals surface area contributed by atoms with Crippen molar-refractivity contribution in [1.82, 2.24) is 5.32 Å². The van der Waals surface area contributed by atoms with Crippen LogP contribution in [-0.4, -0.2) is 6.54 Å². The van der Waals surface area contributed by atoms with Gasteiger partial charge < -0.3 is 5.32 Å². The zero-order valence-electron chi connectivity index (χ0n) is 9.65. The van der Waals surface area contributed by atoms with E-state index in [-0.39, 0.29) is 0 Å². The van der Waals surface area contributed by atoms with Crippen molar-refractivity contribution in [3.05, 3.63) is 23.4 Å². The Hall–Kier alpha value is -0.720. The van der Waals surface area contributed by atoms with Gasteiger partial charge in [-0.05, 0) is 32.3 Å². The first-order valence-corrected chi connectivity index (χ1v) is 5.14. The molecule has 76 valence electrons. The Labute approximate surface area is 82.9 Å². The minimum atomic E-state index is 0.708. The van der Waals surface area contributed by atoms with Crippen molar-refractivity contribution in [2.24, 2.45) is 5.92 Å². The molecule has 0 saturated heterocycles. The fourth-order valence-electron chi connectivity index (χ4n) is 0.809. The van der Waals surface area contributed by atoms with E-state index in [1.54, 1.807) is 0 Å². The molecule has 0 spiro atoms. The van der Waals surface area contributed by atoms with Gasteiger partial charge in [-0.3, -0.25) is 0 Å². The van der Waals surface area contributed by atoms with Crippen LogP contribution in [0.2, 0.25) is 0 Å². The number of nitrogens with one attached hydrogen (secondary N) is 1. The molecular weight excluding hydrogens is 158 g/mol. The van der Waals surface area contributed by atoms with Gasteiger partial charge in [-0.1, -0.05) is 32.4 Å². The lowest BCUT2D eigenvalue weighted by Crippen LogP contribution is -2.17. The highest BCUT2D eigenvalue weighted by Gasteiger charge is 1.91. The molecule has 0 aromatic heterocycles. The second-order valence-electron chi connectivity index (χ2n) is 3.99. The van der Waals surface area contributed by atoms with Crippen molar-refractivity contribution in [1.29, 1.82) is 0 Å². The summed E-state index contributed by atoms with van der Waals surface area (Å²) in [5.41, 5.74) is 2.67. The summed E-state index contributed by atoms with van der Waals surface area (Å²) in [4.78, 5) is 0. The Morgan fingerprint density at radius 3 is 2.31 bits per heavy atom. The lowest BCUT2D eigenvalue weighted by Gasteiger charge is -2.08. The topological polar surface area (TPSA) is 12.0 Å². The van der Waals surface area contributed by atoms with Crippen LogP contribution in [0.15, 0.2) is 23.4 Å². The summed E-state index contributed by atoms with van der Waals surface area (Å²) >= 11 is 0. The molecule has 0 rings (SSSR count). The van der Waals surface area contributed by atoms with Gasteiger partial charge in [0.1, 0.15) is 0 Å². The van der Waals surface area contributed by atoms with Gasteiger partial charge in [0, 0.05) is 12.2 Å². The lowest BCUT2D eigenvalue weighted by molar-refractivity contribution is 0.596. The van der Waals surface area contributed by atoms with E-state index in [1.807, 2.05) is 0 Å². The summed E-state index contributed by atoms with van der Waals surface area (Å²) < 4.78 is 0. The predicted octanol–water partition coefficient (Wildman–Crippen LogP) is 3.49. The maximum atomic E-state index is 3.38. The third-order valence-electron chi connectivity index (χ3n) is 1.96. The number of allylic oxidation sites excluding steroid dienone is 4. The molecule has 0 saturated carbocycles. The van der Waals surface area contributed by atoms with E-state index in [1.165, 1.54) is 11.3 Å². The van der Waals surface area contributed by atoms with Crippen molar-refractivity contribution in [3.8, 4) is 0 Å². The summed E-state index contributed by atoms with van der Waals surface area (Å²) in [7, 11) is 0. The quantitative estimate of drug-likeness (QED) is 0.640. The maximum Gasteiger partial charge on any atom is 0.0166 e. The molecule has 0 aromatic rings. The van der Waals surface area contributed by atoms with E-state index in [0.29, 0.717) is 5.92 Å². The van der Waals surface area contributed by atoms with Gasteiger partial charge in [0.2, 0.25) is 0 Å². The Kier molecular flexibility index (Phi) is 6.38. The van der Waals surface area contributed by atoms with Gasteiger partial charge in [-0.25, -0.2) is 0 Å². The molecule has 0 heterocycles. The van der Waals surface area contributed by atoms with Gasteiger partial charge in [-0.15, -0.1) is 0 Å². The Morgan fingerprint density at radius 1 is 1.23 bits per heavy atom. The van der Waals surface area contributed by atoms with Crippen molar-refractivity contribution >= 4 is 0 Å². The second-order valence-corrected chi connectivity index (χ2v) is 3.99. The van der Waals surface area contributed by atoms with E-state index in [2.05, 4.69) is 52.1 Å². The molecule has 0 aliphatic carbocycles. The summed E-state index contributed by atoms with van der Waals surface area (Å²) in [5, 5.41) is 3.38. The third kappa shape index (κ3) is 7.63. The van der Waals surface area contributed by atoms with Crippen molar-refractivity contribution in [2.45, 2.75) is 41.0 Å². The van der Waals surface area contributed by atoms with Crippen LogP contribution in [0.1, 0.15) is 41.0 Å². The van der Waals surface area contributed by atoms with Crippen molar-refractivity contribution in [2.75, 3.05) is 6.54 Å². The van der Waals surface area contributed by atoms with Gasteiger partial charge in [0.05, 0.1) is 0 Å². The van der Waals surface area contributed by atoms with Gasteiger partial charge in [0.15, 0.2) is 0 Å². The summed E-state index contributed by atoms with van der Waals surface area (Å²) in [6, 6.07) is 0. The van der Waals surface area contributed by atoms with Crippen LogP contribution in [0.3, 0.4) is 0 Å². The molecule has 0 aliphatic heterocycles. The highest BCUT2D eigenvalue weighted by Crippen LogP contribution is 2.00. The molecule has 0 fully saturated rings. The molecule has 1 N–H and O–H groups in total. The largest absolute Gasteiger partial charge is 0.388 e. The average molecular weight is 181 g/mol. The Morgan fingerprint density at radius 2 is 1.85 bits per heavy atom. The van der Waals surface area contributed by atoms with Crippen LogP contribution in [0.4, 0.5) is 0 Å². The fraction of sp³-hybridized carbons (Fsp3) is 0.667. The Balaban J connectivity index is 3.88. The summed E-state index contributed by atoms with van der Waals surface area (Å²) in [5.74, 6) is 0.708. The zero-order chi connectivity index (χ0) is 10.3. The number of hydrogen-bond donors (Lipinski definition) is 1. The monoisotopic (exact) mass is 181 g/mol. The van der Waals surface area contributed by atoms with Gasteiger partial charge in [0.25, 0.3) is 0 Å². The summed E-state index contributed by atoms with van der Waals surface area (Å²) in [6.45, 7) is 11.9. The molecule has 1 nitrogen and oxygen atoms in total. The minimum Gasteiger partial charge on any atom is -0.388 e. The van der Waals surface area contributed by atoms with Crippen molar-refractivity contribution in [3.63, 3.8) is 0 Å². The molecule has 0 bridgehead atoms. The van der Waals surface area contributed by atoms with Gasteiger partial charge in [-0.2, -0.15) is 0 Å². The fourth-order valence-corrected chi connectivity index (χ4v) is 0.809. The molecule has 13 heavy (non-hydrogen) atoms. The lowest BCUT2D eigenvalue weighted by atomic mass is 10.2. The molecule has 0 radical (unpaired) electrons. The van der Waals surface area contributed by atoms with E-state index < -0.39 is 0 Å². The van der Waals surface area contributed by atoms with E-state index >= 15 is 0 Å². The van der Waals surface area contributed by atoms with Crippen LogP contribution < -0.4 is 5.32 Å².